The number of rotatable bonds is 1. The van der Waals surface area contributed by atoms with Crippen molar-refractivity contribution in [1.29, 1.82) is 0 Å². The lowest BCUT2D eigenvalue weighted by molar-refractivity contribution is 1.26. The molecule has 0 amide bonds. The molecule has 2 rings (SSSR count). The van der Waals surface area contributed by atoms with E-state index < -0.39 is 0 Å². The molecule has 1 aromatic carbocycles. The van der Waals surface area contributed by atoms with E-state index in [0.717, 1.165) is 11.3 Å². The first-order valence-electron chi connectivity index (χ1n) is 4.03. The SMILES string of the molecule is Cc1ccc(-c2cn(Br)cn2)cc1. The molecule has 0 saturated carbocycles. The summed E-state index contributed by atoms with van der Waals surface area (Å²) in [6.45, 7) is 2.08. The number of aromatic nitrogens is 2. The Morgan fingerprint density at radius 3 is 2.46 bits per heavy atom. The van der Waals surface area contributed by atoms with Gasteiger partial charge in [-0.25, -0.2) is 4.98 Å². The molecule has 0 radical (unpaired) electrons. The summed E-state index contributed by atoms with van der Waals surface area (Å²) >= 11 is 3.30. The fraction of sp³-hybridized carbons (Fsp3) is 0.100. The van der Waals surface area contributed by atoms with Gasteiger partial charge in [-0.2, -0.15) is 0 Å². The van der Waals surface area contributed by atoms with Crippen molar-refractivity contribution >= 4 is 16.1 Å². The van der Waals surface area contributed by atoms with Crippen LogP contribution in [0.4, 0.5) is 0 Å². The Balaban J connectivity index is 2.41. The second-order valence-electron chi connectivity index (χ2n) is 2.97. The van der Waals surface area contributed by atoms with Crippen LogP contribution in [0.3, 0.4) is 0 Å². The van der Waals surface area contributed by atoms with Gasteiger partial charge < -0.3 is 0 Å². The molecule has 0 bridgehead atoms. The summed E-state index contributed by atoms with van der Waals surface area (Å²) in [5.74, 6) is 0. The highest BCUT2D eigenvalue weighted by atomic mass is 79.9. The molecule has 0 aliphatic heterocycles. The quantitative estimate of drug-likeness (QED) is 0.745. The van der Waals surface area contributed by atoms with Crippen LogP contribution < -0.4 is 0 Å². The summed E-state index contributed by atoms with van der Waals surface area (Å²) in [5, 5.41) is 0. The number of hydrogen-bond donors (Lipinski definition) is 0. The van der Waals surface area contributed by atoms with Crippen molar-refractivity contribution < 1.29 is 0 Å². The van der Waals surface area contributed by atoms with Gasteiger partial charge >= 0.3 is 0 Å². The van der Waals surface area contributed by atoms with Crippen LogP contribution >= 0.6 is 16.1 Å². The van der Waals surface area contributed by atoms with Crippen molar-refractivity contribution in [2.24, 2.45) is 0 Å². The number of aryl methyl sites for hydroxylation is 1. The highest BCUT2D eigenvalue weighted by Crippen LogP contribution is 2.17. The first-order chi connectivity index (χ1) is 6.25. The van der Waals surface area contributed by atoms with Gasteiger partial charge in [0, 0.05) is 11.8 Å². The Hall–Kier alpha value is -1.09. The van der Waals surface area contributed by atoms with Crippen molar-refractivity contribution in [2.45, 2.75) is 6.92 Å². The molecule has 0 aliphatic rings. The lowest BCUT2D eigenvalue weighted by Crippen LogP contribution is -1.77. The number of benzene rings is 1. The van der Waals surface area contributed by atoms with Crippen LogP contribution in [0.1, 0.15) is 5.56 Å². The summed E-state index contributed by atoms with van der Waals surface area (Å²) in [6, 6.07) is 8.32. The summed E-state index contributed by atoms with van der Waals surface area (Å²) < 4.78 is 1.77. The van der Waals surface area contributed by atoms with Crippen LogP contribution in [-0.4, -0.2) is 8.58 Å². The Kier molecular flexibility index (Phi) is 2.19. The molecule has 66 valence electrons. The molecular weight excluding hydrogens is 228 g/mol. The van der Waals surface area contributed by atoms with Crippen molar-refractivity contribution in [3.8, 4) is 11.3 Å². The lowest BCUT2D eigenvalue weighted by Gasteiger charge is -1.96. The second kappa shape index (κ2) is 3.34. The summed E-state index contributed by atoms with van der Waals surface area (Å²) in [6.07, 6.45) is 3.67. The van der Waals surface area contributed by atoms with Gasteiger partial charge in [0.15, 0.2) is 0 Å². The van der Waals surface area contributed by atoms with Gasteiger partial charge in [0.25, 0.3) is 0 Å². The normalized spacial score (nSPS) is 10.3. The van der Waals surface area contributed by atoms with Gasteiger partial charge in [0.1, 0.15) is 6.33 Å². The van der Waals surface area contributed by atoms with E-state index in [-0.39, 0.29) is 0 Å². The smallest absolute Gasteiger partial charge is 0.106 e. The van der Waals surface area contributed by atoms with Gasteiger partial charge in [-0.3, -0.25) is 3.59 Å². The molecule has 1 heterocycles. The summed E-state index contributed by atoms with van der Waals surface area (Å²) in [4.78, 5) is 4.23. The standard InChI is InChI=1S/C10H9BrN2/c1-8-2-4-9(5-3-8)10-6-13(11)7-12-10/h2-7H,1H3. The Morgan fingerprint density at radius 2 is 1.92 bits per heavy atom. The largest absolute Gasteiger partial charge is 0.272 e. The Morgan fingerprint density at radius 1 is 1.23 bits per heavy atom. The van der Waals surface area contributed by atoms with Gasteiger partial charge in [-0.1, -0.05) is 29.8 Å². The fourth-order valence-electron chi connectivity index (χ4n) is 1.17. The maximum Gasteiger partial charge on any atom is 0.106 e. The van der Waals surface area contributed by atoms with E-state index in [2.05, 4.69) is 52.3 Å². The zero-order valence-electron chi connectivity index (χ0n) is 7.24. The van der Waals surface area contributed by atoms with E-state index in [0.29, 0.717) is 0 Å². The predicted molar refractivity (Wildman–Crippen MR) is 56.7 cm³/mol. The molecule has 0 unspecified atom stereocenters. The fourth-order valence-corrected chi connectivity index (χ4v) is 1.46. The molecule has 3 heteroatoms. The van der Waals surface area contributed by atoms with E-state index in [1.54, 1.807) is 9.92 Å². The average molecular weight is 237 g/mol. The molecule has 0 aliphatic carbocycles. The maximum absolute atomic E-state index is 4.23. The van der Waals surface area contributed by atoms with Gasteiger partial charge in [0.2, 0.25) is 0 Å². The molecular formula is C10H9BrN2. The van der Waals surface area contributed by atoms with Gasteiger partial charge in [0.05, 0.1) is 21.8 Å². The molecule has 1 aromatic heterocycles. The average Bonchev–Trinajstić information content (AvgIpc) is 2.53. The third-order valence-electron chi connectivity index (χ3n) is 1.90. The van der Waals surface area contributed by atoms with Crippen molar-refractivity contribution in [2.75, 3.05) is 0 Å². The van der Waals surface area contributed by atoms with Crippen LogP contribution in [0, 0.1) is 6.92 Å². The Labute approximate surface area is 85.6 Å². The minimum absolute atomic E-state index is 0.983. The first-order valence-corrected chi connectivity index (χ1v) is 4.74. The number of nitrogens with zero attached hydrogens (tertiary/aromatic N) is 2. The monoisotopic (exact) mass is 236 g/mol. The van der Waals surface area contributed by atoms with Crippen LogP contribution in [0.15, 0.2) is 36.8 Å². The van der Waals surface area contributed by atoms with E-state index in [4.69, 9.17) is 0 Å². The zero-order chi connectivity index (χ0) is 9.26. The van der Waals surface area contributed by atoms with Gasteiger partial charge in [-0.05, 0) is 6.92 Å². The van der Waals surface area contributed by atoms with Gasteiger partial charge in [-0.15, -0.1) is 0 Å². The van der Waals surface area contributed by atoms with Crippen LogP contribution in [0.2, 0.25) is 0 Å². The van der Waals surface area contributed by atoms with E-state index in [1.807, 2.05) is 6.20 Å². The number of hydrogen-bond acceptors (Lipinski definition) is 1. The highest BCUT2D eigenvalue weighted by molar-refractivity contribution is 9.08. The topological polar surface area (TPSA) is 17.8 Å². The second-order valence-corrected chi connectivity index (χ2v) is 3.79. The first kappa shape index (κ1) is 8.51. The summed E-state index contributed by atoms with van der Waals surface area (Å²) in [5.41, 5.74) is 3.39. The molecule has 2 aromatic rings. The molecule has 0 atom stereocenters. The van der Waals surface area contributed by atoms with Crippen molar-refractivity contribution in [3.05, 3.63) is 42.4 Å². The lowest BCUT2D eigenvalue weighted by atomic mass is 10.1. The van der Waals surface area contributed by atoms with Crippen LogP contribution in [0.25, 0.3) is 11.3 Å². The number of imidazole rings is 1. The third kappa shape index (κ3) is 1.80. The molecule has 0 spiro atoms. The predicted octanol–water partition coefficient (Wildman–Crippen LogP) is 3.02. The molecule has 13 heavy (non-hydrogen) atoms. The number of halogens is 1. The molecule has 0 fully saturated rings. The molecule has 0 saturated heterocycles. The van der Waals surface area contributed by atoms with Crippen molar-refractivity contribution in [3.63, 3.8) is 0 Å². The highest BCUT2D eigenvalue weighted by Gasteiger charge is 1.99. The molecule has 2 nitrogen and oxygen atoms in total. The minimum Gasteiger partial charge on any atom is -0.272 e. The van der Waals surface area contributed by atoms with E-state index in [1.165, 1.54) is 5.56 Å². The minimum atomic E-state index is 0.983. The van der Waals surface area contributed by atoms with Crippen LogP contribution in [0.5, 0.6) is 0 Å². The van der Waals surface area contributed by atoms with Crippen molar-refractivity contribution in [1.82, 2.24) is 8.58 Å². The van der Waals surface area contributed by atoms with E-state index >= 15 is 0 Å². The summed E-state index contributed by atoms with van der Waals surface area (Å²) in [7, 11) is 0. The Bertz CT molecular complexity index is 403. The zero-order valence-corrected chi connectivity index (χ0v) is 8.82. The third-order valence-corrected chi connectivity index (χ3v) is 2.29. The molecule has 0 N–H and O–H groups in total. The maximum atomic E-state index is 4.23. The van der Waals surface area contributed by atoms with Crippen LogP contribution in [-0.2, 0) is 0 Å². The van der Waals surface area contributed by atoms with E-state index in [9.17, 15) is 0 Å².